The molecule has 0 aliphatic rings. The molecule has 0 aromatic rings. The Morgan fingerprint density at radius 2 is 1.72 bits per heavy atom. The Hall–Kier alpha value is -0.290. The molecule has 0 saturated carbocycles. The highest BCUT2D eigenvalue weighted by molar-refractivity contribution is 4.75. The fraction of sp³-hybridized carbons (Fsp3) is 1.00. The molecule has 5 heteroatoms. The van der Waals surface area contributed by atoms with Crippen molar-refractivity contribution in [3.8, 4) is 0 Å². The first-order chi connectivity index (χ1) is 8.30. The minimum Gasteiger partial charge on any atom is -0.314 e. The maximum atomic E-state index is 12.5. The van der Waals surface area contributed by atoms with Gasteiger partial charge in [0.2, 0.25) is 0 Å². The lowest BCUT2D eigenvalue weighted by Crippen LogP contribution is -2.43. The van der Waals surface area contributed by atoms with Gasteiger partial charge < -0.3 is 5.32 Å². The first-order valence-electron chi connectivity index (χ1n) is 6.84. The largest absolute Gasteiger partial charge is 0.401 e. The van der Waals surface area contributed by atoms with E-state index in [1.165, 1.54) is 4.90 Å². The quantitative estimate of drug-likeness (QED) is 0.689. The van der Waals surface area contributed by atoms with Crippen LogP contribution in [0.25, 0.3) is 0 Å². The van der Waals surface area contributed by atoms with Crippen LogP contribution < -0.4 is 5.32 Å². The maximum Gasteiger partial charge on any atom is 0.401 e. The molecular formula is C13H27F3N2. The van der Waals surface area contributed by atoms with E-state index in [9.17, 15) is 13.2 Å². The number of hydrogen-bond acceptors (Lipinski definition) is 2. The third-order valence-electron chi connectivity index (χ3n) is 2.95. The van der Waals surface area contributed by atoms with Gasteiger partial charge in [-0.2, -0.15) is 13.2 Å². The zero-order chi connectivity index (χ0) is 14.2. The monoisotopic (exact) mass is 268 g/mol. The van der Waals surface area contributed by atoms with Crippen LogP contribution in [0.1, 0.15) is 47.0 Å². The van der Waals surface area contributed by atoms with Crippen LogP contribution in [0.3, 0.4) is 0 Å². The van der Waals surface area contributed by atoms with Gasteiger partial charge in [0, 0.05) is 12.1 Å². The Bertz CT molecular complexity index is 207. The Morgan fingerprint density at radius 1 is 1.11 bits per heavy atom. The van der Waals surface area contributed by atoms with Crippen molar-refractivity contribution in [2.75, 3.05) is 19.6 Å². The smallest absolute Gasteiger partial charge is 0.314 e. The van der Waals surface area contributed by atoms with E-state index in [4.69, 9.17) is 0 Å². The summed E-state index contributed by atoms with van der Waals surface area (Å²) in [6, 6.07) is 0.207. The molecule has 0 heterocycles. The van der Waals surface area contributed by atoms with E-state index < -0.39 is 12.7 Å². The van der Waals surface area contributed by atoms with E-state index in [1.54, 1.807) is 0 Å². The van der Waals surface area contributed by atoms with Crippen LogP contribution in [0.4, 0.5) is 13.2 Å². The molecule has 2 atom stereocenters. The van der Waals surface area contributed by atoms with Gasteiger partial charge in [0.25, 0.3) is 0 Å². The second-order valence-corrected chi connectivity index (χ2v) is 5.03. The summed E-state index contributed by atoms with van der Waals surface area (Å²) in [6.07, 6.45) is -1.57. The number of alkyl halides is 3. The minimum atomic E-state index is -4.11. The van der Waals surface area contributed by atoms with Crippen molar-refractivity contribution < 1.29 is 13.2 Å². The number of hydrogen-bond donors (Lipinski definition) is 1. The van der Waals surface area contributed by atoms with Crippen molar-refractivity contribution >= 4 is 0 Å². The van der Waals surface area contributed by atoms with Crippen LogP contribution in [0, 0.1) is 0 Å². The van der Waals surface area contributed by atoms with E-state index in [0.29, 0.717) is 6.54 Å². The molecule has 0 bridgehead atoms. The molecule has 0 rings (SSSR count). The average Bonchev–Trinajstić information content (AvgIpc) is 2.24. The molecule has 0 aromatic heterocycles. The Balaban J connectivity index is 4.24. The Labute approximate surface area is 109 Å². The first kappa shape index (κ1) is 17.7. The second-order valence-electron chi connectivity index (χ2n) is 5.03. The summed E-state index contributed by atoms with van der Waals surface area (Å²) < 4.78 is 37.4. The highest BCUT2D eigenvalue weighted by Crippen LogP contribution is 2.19. The second kappa shape index (κ2) is 8.75. The zero-order valence-electron chi connectivity index (χ0n) is 12.0. The molecule has 2 unspecified atom stereocenters. The van der Waals surface area contributed by atoms with Crippen molar-refractivity contribution in [1.82, 2.24) is 10.2 Å². The summed E-state index contributed by atoms with van der Waals surface area (Å²) in [4.78, 5) is 1.53. The van der Waals surface area contributed by atoms with Gasteiger partial charge in [0.1, 0.15) is 0 Å². The lowest BCUT2D eigenvalue weighted by atomic mass is 10.1. The molecule has 0 aliphatic carbocycles. The third kappa shape index (κ3) is 8.75. The molecule has 18 heavy (non-hydrogen) atoms. The Morgan fingerprint density at radius 3 is 2.17 bits per heavy atom. The van der Waals surface area contributed by atoms with E-state index in [1.807, 2.05) is 20.8 Å². The van der Waals surface area contributed by atoms with Crippen molar-refractivity contribution in [2.24, 2.45) is 0 Å². The molecule has 0 aromatic carbocycles. The third-order valence-corrected chi connectivity index (χ3v) is 2.95. The van der Waals surface area contributed by atoms with Gasteiger partial charge in [0.15, 0.2) is 0 Å². The van der Waals surface area contributed by atoms with Gasteiger partial charge in [-0.25, -0.2) is 0 Å². The van der Waals surface area contributed by atoms with Crippen LogP contribution in [-0.2, 0) is 0 Å². The molecular weight excluding hydrogens is 241 g/mol. The van der Waals surface area contributed by atoms with Gasteiger partial charge >= 0.3 is 6.18 Å². The lowest BCUT2D eigenvalue weighted by Gasteiger charge is -2.31. The zero-order valence-corrected chi connectivity index (χ0v) is 12.0. The topological polar surface area (TPSA) is 15.3 Å². The summed E-state index contributed by atoms with van der Waals surface area (Å²) in [7, 11) is 0. The standard InChI is InChI=1S/C13H27F3N2/c1-5-7-17-11(3)9-12(4)18(8-6-2)10-13(14,15)16/h11-12,17H,5-10H2,1-4H3. The minimum absolute atomic E-state index is 0.0501. The predicted molar refractivity (Wildman–Crippen MR) is 69.8 cm³/mol. The van der Waals surface area contributed by atoms with E-state index in [-0.39, 0.29) is 12.1 Å². The molecule has 0 radical (unpaired) electrons. The van der Waals surface area contributed by atoms with Gasteiger partial charge in [0.05, 0.1) is 6.54 Å². The van der Waals surface area contributed by atoms with E-state index in [0.717, 1.165) is 25.8 Å². The van der Waals surface area contributed by atoms with E-state index >= 15 is 0 Å². The maximum absolute atomic E-state index is 12.5. The van der Waals surface area contributed by atoms with Crippen LogP contribution in [-0.4, -0.2) is 42.8 Å². The molecule has 0 aliphatic heterocycles. The van der Waals surface area contributed by atoms with Crippen molar-refractivity contribution in [2.45, 2.75) is 65.2 Å². The molecule has 0 amide bonds. The van der Waals surface area contributed by atoms with Crippen LogP contribution in [0.5, 0.6) is 0 Å². The molecule has 0 fully saturated rings. The molecule has 0 spiro atoms. The fourth-order valence-electron chi connectivity index (χ4n) is 2.11. The van der Waals surface area contributed by atoms with Gasteiger partial charge in [-0.1, -0.05) is 13.8 Å². The van der Waals surface area contributed by atoms with Crippen molar-refractivity contribution in [1.29, 1.82) is 0 Å². The number of rotatable bonds is 9. The molecule has 2 nitrogen and oxygen atoms in total. The normalized spacial score (nSPS) is 16.0. The fourth-order valence-corrected chi connectivity index (χ4v) is 2.11. The van der Waals surface area contributed by atoms with Gasteiger partial charge in [-0.3, -0.25) is 4.90 Å². The SMILES string of the molecule is CCCNC(C)CC(C)N(CCC)CC(F)(F)F. The van der Waals surface area contributed by atoms with Crippen LogP contribution in [0.2, 0.25) is 0 Å². The molecule has 1 N–H and O–H groups in total. The first-order valence-corrected chi connectivity index (χ1v) is 6.84. The van der Waals surface area contributed by atoms with Crippen molar-refractivity contribution in [3.05, 3.63) is 0 Å². The predicted octanol–water partition coefficient (Wildman–Crippen LogP) is 3.43. The van der Waals surface area contributed by atoms with Crippen LogP contribution in [0.15, 0.2) is 0 Å². The average molecular weight is 268 g/mol. The Kier molecular flexibility index (Phi) is 8.61. The van der Waals surface area contributed by atoms with Crippen molar-refractivity contribution in [3.63, 3.8) is 0 Å². The number of nitrogens with one attached hydrogen (secondary N) is 1. The summed E-state index contributed by atoms with van der Waals surface area (Å²) in [5.41, 5.74) is 0. The molecule has 0 saturated heterocycles. The highest BCUT2D eigenvalue weighted by Gasteiger charge is 2.32. The number of nitrogens with zero attached hydrogens (tertiary/aromatic N) is 1. The lowest BCUT2D eigenvalue weighted by molar-refractivity contribution is -0.150. The number of halogens is 3. The summed E-state index contributed by atoms with van der Waals surface area (Å²) in [5, 5.41) is 3.32. The highest BCUT2D eigenvalue weighted by atomic mass is 19.4. The van der Waals surface area contributed by atoms with Gasteiger partial charge in [-0.15, -0.1) is 0 Å². The summed E-state index contributed by atoms with van der Waals surface area (Å²) in [6.45, 7) is 8.52. The van der Waals surface area contributed by atoms with E-state index in [2.05, 4.69) is 12.2 Å². The summed E-state index contributed by atoms with van der Waals surface area (Å²) >= 11 is 0. The van der Waals surface area contributed by atoms with Gasteiger partial charge in [-0.05, 0) is 46.2 Å². The van der Waals surface area contributed by atoms with Crippen LogP contribution >= 0.6 is 0 Å². The molecule has 110 valence electrons. The summed E-state index contributed by atoms with van der Waals surface area (Å²) in [5.74, 6) is 0.